The Bertz CT molecular complexity index is 1160. The fourth-order valence-electron chi connectivity index (χ4n) is 5.53. The summed E-state index contributed by atoms with van der Waals surface area (Å²) in [6.45, 7) is 4.81. The van der Waals surface area contributed by atoms with Crippen LogP contribution in [-0.4, -0.2) is 66.3 Å². The predicted octanol–water partition coefficient (Wildman–Crippen LogP) is 3.56. The molecule has 0 saturated carbocycles. The van der Waals surface area contributed by atoms with Gasteiger partial charge >= 0.3 is 5.97 Å². The zero-order valence-corrected chi connectivity index (χ0v) is 21.3. The summed E-state index contributed by atoms with van der Waals surface area (Å²) in [5.74, 6) is -0.907. The quantitative estimate of drug-likeness (QED) is 0.437. The van der Waals surface area contributed by atoms with Crippen molar-refractivity contribution in [1.82, 2.24) is 9.80 Å². The molecule has 5 rings (SSSR count). The normalized spacial score (nSPS) is 20.6. The summed E-state index contributed by atoms with van der Waals surface area (Å²) in [6.07, 6.45) is 2.88. The predicted molar refractivity (Wildman–Crippen MR) is 136 cm³/mol. The van der Waals surface area contributed by atoms with Crippen LogP contribution in [0.3, 0.4) is 0 Å². The molecular formula is C27H31N3O5S. The lowest BCUT2D eigenvalue weighted by Crippen LogP contribution is -2.48. The van der Waals surface area contributed by atoms with Gasteiger partial charge in [-0.3, -0.25) is 24.1 Å². The van der Waals surface area contributed by atoms with E-state index in [2.05, 4.69) is 4.90 Å². The lowest BCUT2D eigenvalue weighted by atomic mass is 9.92. The molecule has 0 N–H and O–H groups in total. The Labute approximate surface area is 214 Å². The molecule has 0 bridgehead atoms. The van der Waals surface area contributed by atoms with Crippen LogP contribution in [0.1, 0.15) is 58.2 Å². The number of benzene rings is 1. The third-order valence-corrected chi connectivity index (χ3v) is 8.27. The molecule has 1 unspecified atom stereocenters. The number of amides is 3. The van der Waals surface area contributed by atoms with E-state index in [9.17, 15) is 19.2 Å². The maximum atomic E-state index is 13.4. The van der Waals surface area contributed by atoms with Crippen LogP contribution >= 0.6 is 11.3 Å². The van der Waals surface area contributed by atoms with Gasteiger partial charge in [-0.25, -0.2) is 0 Å². The molecule has 2 aromatic rings. The lowest BCUT2D eigenvalue weighted by Gasteiger charge is -2.38. The summed E-state index contributed by atoms with van der Waals surface area (Å²) in [7, 11) is 0. The smallest absolute Gasteiger partial charge is 0.309 e. The highest BCUT2D eigenvalue weighted by molar-refractivity contribution is 7.09. The van der Waals surface area contributed by atoms with Crippen molar-refractivity contribution in [2.75, 3.05) is 37.7 Å². The second kappa shape index (κ2) is 10.4. The number of imide groups is 1. The Balaban J connectivity index is 1.28. The third-order valence-electron chi connectivity index (χ3n) is 7.41. The first-order valence-electron chi connectivity index (χ1n) is 12.7. The van der Waals surface area contributed by atoms with Gasteiger partial charge in [-0.2, -0.15) is 0 Å². The second-order valence-electron chi connectivity index (χ2n) is 9.61. The average Bonchev–Trinajstić information content (AvgIpc) is 3.51. The van der Waals surface area contributed by atoms with Crippen LogP contribution < -0.4 is 4.90 Å². The summed E-state index contributed by atoms with van der Waals surface area (Å²) in [5, 5.41) is 1.93. The maximum Gasteiger partial charge on any atom is 0.309 e. The van der Waals surface area contributed by atoms with Crippen molar-refractivity contribution >= 4 is 40.7 Å². The maximum absolute atomic E-state index is 13.4. The molecule has 2 saturated heterocycles. The van der Waals surface area contributed by atoms with E-state index in [-0.39, 0.29) is 42.1 Å². The number of hydrogen-bond acceptors (Lipinski definition) is 7. The van der Waals surface area contributed by atoms with Crippen molar-refractivity contribution in [1.29, 1.82) is 0 Å². The van der Waals surface area contributed by atoms with E-state index in [0.29, 0.717) is 50.2 Å². The molecule has 9 heteroatoms. The van der Waals surface area contributed by atoms with Gasteiger partial charge in [0, 0.05) is 31.1 Å². The van der Waals surface area contributed by atoms with Gasteiger partial charge in [0.05, 0.1) is 41.8 Å². The van der Waals surface area contributed by atoms with Crippen LogP contribution in [0.25, 0.3) is 0 Å². The van der Waals surface area contributed by atoms with Crippen LogP contribution in [0, 0.1) is 11.8 Å². The number of anilines is 1. The second-order valence-corrected chi connectivity index (χ2v) is 10.6. The number of likely N-dealkylation sites (tertiary alicyclic amines) is 1. The summed E-state index contributed by atoms with van der Waals surface area (Å²) < 4.78 is 5.14. The van der Waals surface area contributed by atoms with Crippen LogP contribution in [0.5, 0.6) is 0 Å². The number of piperidine rings is 2. The van der Waals surface area contributed by atoms with E-state index in [1.54, 1.807) is 13.0 Å². The minimum absolute atomic E-state index is 0.108. The van der Waals surface area contributed by atoms with Gasteiger partial charge in [0.1, 0.15) is 0 Å². The Morgan fingerprint density at radius 3 is 2.53 bits per heavy atom. The molecule has 0 radical (unpaired) electrons. The highest BCUT2D eigenvalue weighted by Crippen LogP contribution is 2.35. The fraction of sp³-hybridized carbons (Fsp3) is 0.481. The van der Waals surface area contributed by atoms with Gasteiger partial charge in [-0.1, -0.05) is 12.1 Å². The van der Waals surface area contributed by atoms with Gasteiger partial charge in [0.25, 0.3) is 11.8 Å². The molecule has 1 aromatic carbocycles. The van der Waals surface area contributed by atoms with E-state index in [1.807, 2.05) is 34.5 Å². The summed E-state index contributed by atoms with van der Waals surface area (Å²) in [5.41, 5.74) is 1.61. The van der Waals surface area contributed by atoms with Crippen molar-refractivity contribution < 1.29 is 23.9 Å². The zero-order valence-electron chi connectivity index (χ0n) is 20.5. The van der Waals surface area contributed by atoms with Crippen molar-refractivity contribution in [2.24, 2.45) is 11.8 Å². The van der Waals surface area contributed by atoms with Gasteiger partial charge in [-0.05, 0) is 56.2 Å². The van der Waals surface area contributed by atoms with Crippen molar-refractivity contribution in [3.63, 3.8) is 0 Å². The molecule has 1 atom stereocenters. The molecular weight excluding hydrogens is 478 g/mol. The number of carbonyl (C=O) groups is 4. The Morgan fingerprint density at radius 2 is 1.81 bits per heavy atom. The van der Waals surface area contributed by atoms with Crippen LogP contribution in [0.15, 0.2) is 35.7 Å². The topological polar surface area (TPSA) is 87.2 Å². The molecule has 1 aromatic heterocycles. The number of carbonyl (C=O) groups excluding carboxylic acids is 4. The number of esters is 1. The molecule has 2 fully saturated rings. The SMILES string of the molecule is CCOC(=O)C1CCN(C(=O)C2CCCN(c3cccc4c3C(=O)N(Cc3cccs3)C4=O)C2)CC1. The lowest BCUT2D eigenvalue weighted by molar-refractivity contribution is -0.151. The minimum Gasteiger partial charge on any atom is -0.466 e. The molecule has 36 heavy (non-hydrogen) atoms. The van der Waals surface area contributed by atoms with E-state index in [1.165, 1.54) is 16.2 Å². The zero-order chi connectivity index (χ0) is 25.2. The number of hydrogen-bond donors (Lipinski definition) is 0. The first-order chi connectivity index (χ1) is 17.5. The van der Waals surface area contributed by atoms with Crippen molar-refractivity contribution in [2.45, 2.75) is 39.2 Å². The fourth-order valence-corrected chi connectivity index (χ4v) is 6.23. The van der Waals surface area contributed by atoms with E-state index in [0.717, 1.165) is 30.0 Å². The van der Waals surface area contributed by atoms with E-state index >= 15 is 0 Å². The Morgan fingerprint density at radius 1 is 1.00 bits per heavy atom. The van der Waals surface area contributed by atoms with Crippen molar-refractivity contribution in [3.05, 3.63) is 51.7 Å². The average molecular weight is 510 g/mol. The molecule has 4 heterocycles. The third kappa shape index (κ3) is 4.64. The minimum atomic E-state index is -0.270. The molecule has 3 aliphatic heterocycles. The van der Waals surface area contributed by atoms with Gasteiger partial charge in [0.2, 0.25) is 5.91 Å². The summed E-state index contributed by atoms with van der Waals surface area (Å²) in [6, 6.07) is 9.25. The van der Waals surface area contributed by atoms with Crippen molar-refractivity contribution in [3.8, 4) is 0 Å². The highest BCUT2D eigenvalue weighted by Gasteiger charge is 2.40. The molecule has 3 aliphatic rings. The van der Waals surface area contributed by atoms with Gasteiger partial charge < -0.3 is 14.5 Å². The van der Waals surface area contributed by atoms with Crippen LogP contribution in [-0.2, 0) is 20.9 Å². The molecule has 0 spiro atoms. The number of ether oxygens (including phenoxy) is 1. The van der Waals surface area contributed by atoms with Gasteiger partial charge in [0.15, 0.2) is 0 Å². The van der Waals surface area contributed by atoms with Crippen LogP contribution in [0.4, 0.5) is 5.69 Å². The highest BCUT2D eigenvalue weighted by atomic mass is 32.1. The standard InChI is InChI=1S/C27H31N3O5S/c1-2-35-27(34)18-10-13-28(14-11-18)24(31)19-6-4-12-29(16-19)22-9-3-8-21-23(22)26(33)30(25(21)32)17-20-7-5-15-36-20/h3,5,7-9,15,18-19H,2,4,6,10-14,16-17H2,1H3. The molecule has 190 valence electrons. The number of rotatable bonds is 6. The first-order valence-corrected chi connectivity index (χ1v) is 13.6. The summed E-state index contributed by atoms with van der Waals surface area (Å²) >= 11 is 1.52. The first kappa shape index (κ1) is 24.5. The summed E-state index contributed by atoms with van der Waals surface area (Å²) in [4.78, 5) is 58.1. The van der Waals surface area contributed by atoms with E-state index in [4.69, 9.17) is 4.74 Å². The van der Waals surface area contributed by atoms with Crippen LogP contribution in [0.2, 0.25) is 0 Å². The molecule has 0 aliphatic carbocycles. The number of thiophene rings is 1. The number of fused-ring (bicyclic) bond motifs is 1. The monoisotopic (exact) mass is 509 g/mol. The number of nitrogens with zero attached hydrogens (tertiary/aromatic N) is 3. The van der Waals surface area contributed by atoms with Gasteiger partial charge in [-0.15, -0.1) is 11.3 Å². The molecule has 3 amide bonds. The van der Waals surface area contributed by atoms with E-state index < -0.39 is 0 Å². The Hall–Kier alpha value is -3.20. The molecule has 8 nitrogen and oxygen atoms in total. The largest absolute Gasteiger partial charge is 0.466 e. The Kier molecular flexibility index (Phi) is 7.09.